The lowest BCUT2D eigenvalue weighted by Gasteiger charge is -2.31. The molecule has 1 fully saturated rings. The minimum Gasteiger partial charge on any atom is -0.478 e. The van der Waals surface area contributed by atoms with Gasteiger partial charge >= 0.3 is 5.97 Å². The number of anilines is 1. The normalized spacial score (nSPS) is 18.9. The summed E-state index contributed by atoms with van der Waals surface area (Å²) in [4.78, 5) is 40.2. The van der Waals surface area contributed by atoms with Crippen LogP contribution in [-0.2, 0) is 22.6 Å². The summed E-state index contributed by atoms with van der Waals surface area (Å²) >= 11 is 0. The molecule has 0 spiro atoms. The number of rotatable bonds is 3. The molecule has 6 nitrogen and oxygen atoms in total. The first-order chi connectivity index (χ1) is 13.4. The van der Waals surface area contributed by atoms with Crippen molar-refractivity contribution in [1.82, 2.24) is 4.90 Å². The summed E-state index contributed by atoms with van der Waals surface area (Å²) in [5, 5.41) is 9.19. The smallest absolute Gasteiger partial charge is 0.335 e. The molecular formula is C22H22N2O4. The maximum absolute atomic E-state index is 13.0. The molecule has 2 aromatic carbocycles. The molecule has 2 aromatic rings. The Bertz CT molecular complexity index is 952. The Morgan fingerprint density at radius 3 is 2.54 bits per heavy atom. The SMILES string of the molecule is Cc1ccc(N2CC(C(=O)N3CCc4ccc(C(=O)O)cc4C3)CC2=O)cc1. The Hall–Kier alpha value is -3.15. The van der Waals surface area contributed by atoms with E-state index >= 15 is 0 Å². The molecule has 1 atom stereocenters. The van der Waals surface area contributed by atoms with Crippen LogP contribution in [0.4, 0.5) is 5.69 Å². The molecule has 0 radical (unpaired) electrons. The van der Waals surface area contributed by atoms with E-state index in [2.05, 4.69) is 0 Å². The number of hydrogen-bond donors (Lipinski definition) is 1. The van der Waals surface area contributed by atoms with Crippen LogP contribution in [0.5, 0.6) is 0 Å². The van der Waals surface area contributed by atoms with Crippen molar-refractivity contribution in [3.8, 4) is 0 Å². The second-order valence-corrected chi connectivity index (χ2v) is 7.54. The fraction of sp³-hybridized carbons (Fsp3) is 0.318. The molecule has 0 aromatic heterocycles. The van der Waals surface area contributed by atoms with Gasteiger partial charge in [-0.15, -0.1) is 0 Å². The van der Waals surface area contributed by atoms with Crippen LogP contribution in [-0.4, -0.2) is 40.9 Å². The number of carboxylic acid groups (broad SMARTS) is 1. The van der Waals surface area contributed by atoms with E-state index in [9.17, 15) is 19.5 Å². The van der Waals surface area contributed by atoms with Crippen LogP contribution in [0.1, 0.15) is 33.5 Å². The van der Waals surface area contributed by atoms with Crippen molar-refractivity contribution in [3.05, 3.63) is 64.7 Å². The number of hydrogen-bond acceptors (Lipinski definition) is 3. The molecule has 2 heterocycles. The number of aryl methyl sites for hydroxylation is 1. The molecule has 0 aliphatic carbocycles. The molecule has 4 rings (SSSR count). The lowest BCUT2D eigenvalue weighted by Crippen LogP contribution is -2.40. The van der Waals surface area contributed by atoms with E-state index in [4.69, 9.17) is 0 Å². The van der Waals surface area contributed by atoms with E-state index in [0.717, 1.165) is 22.4 Å². The molecule has 0 saturated carbocycles. The highest BCUT2D eigenvalue weighted by Gasteiger charge is 2.38. The summed E-state index contributed by atoms with van der Waals surface area (Å²) in [6.45, 7) is 3.36. The number of carbonyl (C=O) groups excluding carboxylic acids is 2. The van der Waals surface area contributed by atoms with Crippen molar-refractivity contribution < 1.29 is 19.5 Å². The summed E-state index contributed by atoms with van der Waals surface area (Å²) in [6, 6.07) is 12.8. The molecular weight excluding hydrogens is 356 g/mol. The Morgan fingerprint density at radius 2 is 1.82 bits per heavy atom. The van der Waals surface area contributed by atoms with E-state index in [1.165, 1.54) is 0 Å². The number of carboxylic acids is 1. The molecule has 1 unspecified atom stereocenters. The van der Waals surface area contributed by atoms with Crippen molar-refractivity contribution in [2.45, 2.75) is 26.3 Å². The fourth-order valence-corrected chi connectivity index (χ4v) is 3.98. The van der Waals surface area contributed by atoms with Crippen LogP contribution in [0.25, 0.3) is 0 Å². The molecule has 6 heteroatoms. The van der Waals surface area contributed by atoms with Crippen LogP contribution < -0.4 is 4.90 Å². The minimum atomic E-state index is -0.971. The highest BCUT2D eigenvalue weighted by Crippen LogP contribution is 2.28. The van der Waals surface area contributed by atoms with E-state index in [1.807, 2.05) is 37.3 Å². The third-order valence-corrected chi connectivity index (χ3v) is 5.60. The van der Waals surface area contributed by atoms with Crippen molar-refractivity contribution in [1.29, 1.82) is 0 Å². The van der Waals surface area contributed by atoms with Crippen LogP contribution in [0.2, 0.25) is 0 Å². The summed E-state index contributed by atoms with van der Waals surface area (Å²) in [5.74, 6) is -1.40. The van der Waals surface area contributed by atoms with Gasteiger partial charge in [0, 0.05) is 31.7 Å². The lowest BCUT2D eigenvalue weighted by molar-refractivity contribution is -0.136. The zero-order chi connectivity index (χ0) is 19.8. The number of nitrogens with zero attached hydrogens (tertiary/aromatic N) is 2. The van der Waals surface area contributed by atoms with Gasteiger partial charge in [0.1, 0.15) is 0 Å². The monoisotopic (exact) mass is 378 g/mol. The average molecular weight is 378 g/mol. The average Bonchev–Trinajstić information content (AvgIpc) is 3.08. The van der Waals surface area contributed by atoms with Gasteiger partial charge in [0.25, 0.3) is 0 Å². The number of fused-ring (bicyclic) bond motifs is 1. The summed E-state index contributed by atoms with van der Waals surface area (Å²) in [7, 11) is 0. The molecule has 2 aliphatic rings. The third kappa shape index (κ3) is 3.38. The van der Waals surface area contributed by atoms with Crippen LogP contribution in [0, 0.1) is 12.8 Å². The number of aromatic carboxylic acids is 1. The Morgan fingerprint density at radius 1 is 1.07 bits per heavy atom. The molecule has 144 valence electrons. The predicted octanol–water partition coefficient (Wildman–Crippen LogP) is 2.63. The summed E-state index contributed by atoms with van der Waals surface area (Å²) in [6.07, 6.45) is 0.911. The van der Waals surface area contributed by atoms with E-state index in [-0.39, 0.29) is 29.7 Å². The van der Waals surface area contributed by atoms with Gasteiger partial charge in [-0.25, -0.2) is 4.79 Å². The number of amides is 2. The van der Waals surface area contributed by atoms with Gasteiger partial charge in [0.15, 0.2) is 0 Å². The molecule has 2 amide bonds. The second kappa shape index (κ2) is 7.11. The Labute approximate surface area is 163 Å². The first kappa shape index (κ1) is 18.2. The standard InChI is InChI=1S/C22H22N2O4/c1-14-2-6-19(7-3-14)24-13-18(11-20(24)25)21(26)23-9-8-15-4-5-16(22(27)28)10-17(15)12-23/h2-7,10,18H,8-9,11-13H2,1H3,(H,27,28). The Balaban J connectivity index is 1.48. The largest absolute Gasteiger partial charge is 0.478 e. The van der Waals surface area contributed by atoms with Crippen molar-refractivity contribution >= 4 is 23.5 Å². The van der Waals surface area contributed by atoms with Gasteiger partial charge < -0.3 is 14.9 Å². The van der Waals surface area contributed by atoms with E-state index < -0.39 is 5.97 Å². The van der Waals surface area contributed by atoms with Gasteiger partial charge in [0.2, 0.25) is 11.8 Å². The van der Waals surface area contributed by atoms with Crippen molar-refractivity contribution in [2.24, 2.45) is 5.92 Å². The van der Waals surface area contributed by atoms with Gasteiger partial charge in [-0.2, -0.15) is 0 Å². The second-order valence-electron chi connectivity index (χ2n) is 7.54. The van der Waals surface area contributed by atoms with Crippen molar-refractivity contribution in [3.63, 3.8) is 0 Å². The Kier molecular flexibility index (Phi) is 4.63. The maximum atomic E-state index is 13.0. The fourth-order valence-electron chi connectivity index (χ4n) is 3.98. The molecule has 0 bridgehead atoms. The van der Waals surface area contributed by atoms with Crippen molar-refractivity contribution in [2.75, 3.05) is 18.0 Å². The van der Waals surface area contributed by atoms with E-state index in [1.54, 1.807) is 21.9 Å². The molecule has 1 saturated heterocycles. The first-order valence-corrected chi connectivity index (χ1v) is 9.43. The predicted molar refractivity (Wildman–Crippen MR) is 104 cm³/mol. The quantitative estimate of drug-likeness (QED) is 0.891. The zero-order valence-electron chi connectivity index (χ0n) is 15.7. The van der Waals surface area contributed by atoms with Gasteiger partial charge in [0.05, 0.1) is 11.5 Å². The third-order valence-electron chi connectivity index (χ3n) is 5.60. The summed E-state index contributed by atoms with van der Waals surface area (Å²) in [5.41, 5.74) is 4.13. The number of benzene rings is 2. The minimum absolute atomic E-state index is 0.0330. The van der Waals surface area contributed by atoms with E-state index in [0.29, 0.717) is 26.1 Å². The topological polar surface area (TPSA) is 77.9 Å². The van der Waals surface area contributed by atoms with Gasteiger partial charge in [-0.05, 0) is 48.7 Å². The molecule has 1 N–H and O–H groups in total. The highest BCUT2D eigenvalue weighted by molar-refractivity contribution is 6.00. The lowest BCUT2D eigenvalue weighted by atomic mass is 9.96. The number of carbonyl (C=O) groups is 3. The maximum Gasteiger partial charge on any atom is 0.335 e. The zero-order valence-corrected chi connectivity index (χ0v) is 15.7. The van der Waals surface area contributed by atoms with Crippen LogP contribution in [0.3, 0.4) is 0 Å². The summed E-state index contributed by atoms with van der Waals surface area (Å²) < 4.78 is 0. The van der Waals surface area contributed by atoms with Gasteiger partial charge in [-0.3, -0.25) is 9.59 Å². The highest BCUT2D eigenvalue weighted by atomic mass is 16.4. The molecule has 2 aliphatic heterocycles. The van der Waals surface area contributed by atoms with Gasteiger partial charge in [-0.1, -0.05) is 23.8 Å². The van der Waals surface area contributed by atoms with Crippen LogP contribution in [0.15, 0.2) is 42.5 Å². The first-order valence-electron chi connectivity index (χ1n) is 9.43. The van der Waals surface area contributed by atoms with Crippen LogP contribution >= 0.6 is 0 Å². The molecule has 28 heavy (non-hydrogen) atoms.